The van der Waals surface area contributed by atoms with E-state index < -0.39 is 0 Å². The molecule has 2 heterocycles. The van der Waals surface area contributed by atoms with Crippen LogP contribution in [0.3, 0.4) is 0 Å². The molecule has 0 spiro atoms. The molecule has 18 heavy (non-hydrogen) atoms. The number of aryl methyl sites for hydroxylation is 2. The first-order valence-electron chi connectivity index (χ1n) is 6.26. The first-order valence-corrected chi connectivity index (χ1v) is 6.26. The van der Waals surface area contributed by atoms with Gasteiger partial charge in [0.05, 0.1) is 17.6 Å². The van der Waals surface area contributed by atoms with Crippen LogP contribution in [-0.2, 0) is 13.6 Å². The van der Waals surface area contributed by atoms with Crippen molar-refractivity contribution in [2.45, 2.75) is 40.3 Å². The Bertz CT molecular complexity index is 536. The standard InChI is InChI=1S/C13H21N5/c1-9(2)18-11(4)12(7-15-18)6-14-13-8-17(5)16-10(13)3/h7-9,14H,6H2,1-5H3. The molecule has 0 saturated carbocycles. The highest BCUT2D eigenvalue weighted by atomic mass is 15.3. The predicted molar refractivity (Wildman–Crippen MR) is 72.6 cm³/mol. The van der Waals surface area contributed by atoms with Crippen molar-refractivity contribution in [3.8, 4) is 0 Å². The molecule has 0 aliphatic rings. The third kappa shape index (κ3) is 2.39. The van der Waals surface area contributed by atoms with Crippen molar-refractivity contribution in [3.63, 3.8) is 0 Å². The van der Waals surface area contributed by atoms with Gasteiger partial charge in [-0.2, -0.15) is 10.2 Å². The van der Waals surface area contributed by atoms with Crippen LogP contribution in [0.5, 0.6) is 0 Å². The molecule has 0 saturated heterocycles. The first kappa shape index (κ1) is 12.7. The zero-order chi connectivity index (χ0) is 13.3. The molecule has 0 fully saturated rings. The molecule has 5 nitrogen and oxygen atoms in total. The van der Waals surface area contributed by atoms with E-state index in [1.807, 2.05) is 35.7 Å². The molecule has 2 aromatic heterocycles. The lowest BCUT2D eigenvalue weighted by molar-refractivity contribution is 0.518. The highest BCUT2D eigenvalue weighted by molar-refractivity contribution is 5.46. The number of nitrogens with zero attached hydrogens (tertiary/aromatic N) is 4. The molecule has 1 N–H and O–H groups in total. The van der Waals surface area contributed by atoms with Gasteiger partial charge in [-0.15, -0.1) is 0 Å². The minimum atomic E-state index is 0.402. The molecular formula is C13H21N5. The van der Waals surface area contributed by atoms with E-state index in [-0.39, 0.29) is 0 Å². The van der Waals surface area contributed by atoms with Crippen LogP contribution in [0.15, 0.2) is 12.4 Å². The Balaban J connectivity index is 2.09. The third-order valence-corrected chi connectivity index (χ3v) is 3.12. The fraction of sp³-hybridized carbons (Fsp3) is 0.538. The Labute approximate surface area is 108 Å². The van der Waals surface area contributed by atoms with Crippen molar-refractivity contribution in [3.05, 3.63) is 29.3 Å². The van der Waals surface area contributed by atoms with Crippen LogP contribution in [0.1, 0.15) is 36.8 Å². The fourth-order valence-electron chi connectivity index (χ4n) is 2.12. The number of aromatic nitrogens is 4. The maximum absolute atomic E-state index is 4.41. The van der Waals surface area contributed by atoms with Crippen molar-refractivity contribution in [1.29, 1.82) is 0 Å². The molecule has 98 valence electrons. The van der Waals surface area contributed by atoms with Crippen LogP contribution >= 0.6 is 0 Å². The van der Waals surface area contributed by atoms with Gasteiger partial charge in [0.15, 0.2) is 0 Å². The van der Waals surface area contributed by atoms with Gasteiger partial charge in [-0.1, -0.05) is 0 Å². The molecule has 0 atom stereocenters. The summed E-state index contributed by atoms with van der Waals surface area (Å²) in [4.78, 5) is 0. The summed E-state index contributed by atoms with van der Waals surface area (Å²) in [6.07, 6.45) is 3.94. The number of rotatable bonds is 4. The lowest BCUT2D eigenvalue weighted by Gasteiger charge is -2.09. The summed E-state index contributed by atoms with van der Waals surface area (Å²) in [7, 11) is 1.93. The lowest BCUT2D eigenvalue weighted by atomic mass is 10.2. The molecule has 0 amide bonds. The van der Waals surface area contributed by atoms with Crippen molar-refractivity contribution in [1.82, 2.24) is 19.6 Å². The Hall–Kier alpha value is -1.78. The van der Waals surface area contributed by atoms with Crippen molar-refractivity contribution in [2.75, 3.05) is 5.32 Å². The Morgan fingerprint density at radius 3 is 2.56 bits per heavy atom. The lowest BCUT2D eigenvalue weighted by Crippen LogP contribution is -2.06. The Kier molecular flexibility index (Phi) is 3.41. The normalized spacial score (nSPS) is 11.2. The molecule has 2 aromatic rings. The molecule has 0 radical (unpaired) electrons. The van der Waals surface area contributed by atoms with Crippen molar-refractivity contribution < 1.29 is 0 Å². The van der Waals surface area contributed by atoms with E-state index >= 15 is 0 Å². The smallest absolute Gasteiger partial charge is 0.0825 e. The van der Waals surface area contributed by atoms with Gasteiger partial charge in [0.1, 0.15) is 0 Å². The predicted octanol–water partition coefficient (Wildman–Crippen LogP) is 2.43. The highest BCUT2D eigenvalue weighted by Crippen LogP contribution is 2.16. The van der Waals surface area contributed by atoms with E-state index in [4.69, 9.17) is 0 Å². The van der Waals surface area contributed by atoms with E-state index in [1.165, 1.54) is 11.3 Å². The van der Waals surface area contributed by atoms with Gasteiger partial charge < -0.3 is 5.32 Å². The zero-order valence-corrected chi connectivity index (χ0v) is 11.7. The zero-order valence-electron chi connectivity index (χ0n) is 11.7. The number of anilines is 1. The summed E-state index contributed by atoms with van der Waals surface area (Å²) >= 11 is 0. The summed E-state index contributed by atoms with van der Waals surface area (Å²) in [5.74, 6) is 0. The van der Waals surface area contributed by atoms with Gasteiger partial charge in [0.2, 0.25) is 0 Å². The summed E-state index contributed by atoms with van der Waals surface area (Å²) in [5.41, 5.74) is 4.55. The van der Waals surface area contributed by atoms with E-state index in [1.54, 1.807) is 0 Å². The van der Waals surface area contributed by atoms with Crippen LogP contribution < -0.4 is 5.32 Å². The third-order valence-electron chi connectivity index (χ3n) is 3.12. The molecule has 2 rings (SSSR count). The molecule has 0 unspecified atom stereocenters. The molecule has 5 heteroatoms. The van der Waals surface area contributed by atoms with E-state index in [0.29, 0.717) is 6.04 Å². The van der Waals surface area contributed by atoms with Crippen molar-refractivity contribution in [2.24, 2.45) is 7.05 Å². The average molecular weight is 247 g/mol. The van der Waals surface area contributed by atoms with Gasteiger partial charge in [0.25, 0.3) is 0 Å². The first-order chi connectivity index (χ1) is 8.49. The Morgan fingerprint density at radius 1 is 1.33 bits per heavy atom. The average Bonchev–Trinajstić information content (AvgIpc) is 2.79. The molecular weight excluding hydrogens is 226 g/mol. The van der Waals surface area contributed by atoms with Gasteiger partial charge in [-0.25, -0.2) is 0 Å². The monoisotopic (exact) mass is 247 g/mol. The van der Waals surface area contributed by atoms with E-state index in [0.717, 1.165) is 17.9 Å². The van der Waals surface area contributed by atoms with Gasteiger partial charge in [-0.05, 0) is 27.7 Å². The summed E-state index contributed by atoms with van der Waals surface area (Å²) in [5, 5.41) is 12.1. The quantitative estimate of drug-likeness (QED) is 0.902. The maximum Gasteiger partial charge on any atom is 0.0825 e. The van der Waals surface area contributed by atoms with Crippen LogP contribution in [0.2, 0.25) is 0 Å². The van der Waals surface area contributed by atoms with E-state index in [9.17, 15) is 0 Å². The minimum absolute atomic E-state index is 0.402. The largest absolute Gasteiger partial charge is 0.378 e. The van der Waals surface area contributed by atoms with E-state index in [2.05, 4.69) is 36.3 Å². The topological polar surface area (TPSA) is 47.7 Å². The second-order valence-corrected chi connectivity index (χ2v) is 4.95. The molecule has 0 aromatic carbocycles. The minimum Gasteiger partial charge on any atom is -0.378 e. The van der Waals surface area contributed by atoms with Gasteiger partial charge in [0, 0.05) is 37.1 Å². The van der Waals surface area contributed by atoms with Crippen LogP contribution in [0.4, 0.5) is 5.69 Å². The van der Waals surface area contributed by atoms with Gasteiger partial charge in [-0.3, -0.25) is 9.36 Å². The summed E-state index contributed by atoms with van der Waals surface area (Å²) < 4.78 is 3.87. The SMILES string of the molecule is Cc1nn(C)cc1NCc1cnn(C(C)C)c1C. The number of nitrogens with one attached hydrogen (secondary N) is 1. The highest BCUT2D eigenvalue weighted by Gasteiger charge is 2.09. The second kappa shape index (κ2) is 4.84. The number of hydrogen-bond donors (Lipinski definition) is 1. The van der Waals surface area contributed by atoms with Gasteiger partial charge >= 0.3 is 0 Å². The fourth-order valence-corrected chi connectivity index (χ4v) is 2.12. The summed E-state index contributed by atoms with van der Waals surface area (Å²) in [6.45, 7) is 9.18. The molecule has 0 aliphatic carbocycles. The van der Waals surface area contributed by atoms with Crippen LogP contribution in [0, 0.1) is 13.8 Å². The number of hydrogen-bond acceptors (Lipinski definition) is 3. The van der Waals surface area contributed by atoms with Crippen molar-refractivity contribution >= 4 is 5.69 Å². The summed E-state index contributed by atoms with van der Waals surface area (Å²) in [6, 6.07) is 0.402. The second-order valence-electron chi connectivity index (χ2n) is 4.95. The molecule has 0 bridgehead atoms. The maximum atomic E-state index is 4.41. The molecule has 0 aliphatic heterocycles. The Morgan fingerprint density at radius 2 is 2.06 bits per heavy atom. The van der Waals surface area contributed by atoms with Crippen LogP contribution in [-0.4, -0.2) is 19.6 Å². The van der Waals surface area contributed by atoms with Crippen LogP contribution in [0.25, 0.3) is 0 Å².